The fraction of sp³-hybridized carbons (Fsp3) is 0. The van der Waals surface area contributed by atoms with Crippen LogP contribution in [0.4, 0.5) is 5.69 Å². The number of non-ortho nitro benzene ring substituents is 1. The molecule has 0 aromatic heterocycles. The lowest BCUT2D eigenvalue weighted by Crippen LogP contribution is -1.94. The van der Waals surface area contributed by atoms with E-state index >= 15 is 0 Å². The first-order chi connectivity index (χ1) is 6.65. The van der Waals surface area contributed by atoms with E-state index in [2.05, 4.69) is 12.3 Å². The fourth-order valence-corrected chi connectivity index (χ4v) is 0.923. The molecule has 0 spiro atoms. The largest absolute Gasteiger partial charge is 0.289 e. The molecule has 0 radical (unpaired) electrons. The van der Waals surface area contributed by atoms with Crippen LogP contribution < -0.4 is 0 Å². The first kappa shape index (κ1) is 9.89. The van der Waals surface area contributed by atoms with Crippen LogP contribution in [0.1, 0.15) is 10.4 Å². The Labute approximate surface area is 80.3 Å². The molecule has 0 aliphatic rings. The highest BCUT2D eigenvalue weighted by atomic mass is 16.6. The second-order valence-corrected chi connectivity index (χ2v) is 2.52. The molecule has 0 saturated carbocycles. The van der Waals surface area contributed by atoms with Crippen LogP contribution in [0.5, 0.6) is 0 Å². The normalized spacial score (nSPS) is 8.86. The van der Waals surface area contributed by atoms with Gasteiger partial charge in [0.2, 0.25) is 0 Å². The SMILES string of the molecule is C=C=CC(=O)c1ccc([N+](=O)[O-])cc1. The van der Waals surface area contributed by atoms with Gasteiger partial charge in [0.05, 0.1) is 4.92 Å². The Hall–Kier alpha value is -2.19. The van der Waals surface area contributed by atoms with Crippen LogP contribution in [0.15, 0.2) is 42.7 Å². The third-order valence-electron chi connectivity index (χ3n) is 1.60. The summed E-state index contributed by atoms with van der Waals surface area (Å²) in [4.78, 5) is 21.0. The number of nitrogens with zero attached hydrogens (tertiary/aromatic N) is 1. The van der Waals surface area contributed by atoms with Gasteiger partial charge in [-0.15, -0.1) is 5.73 Å². The molecule has 14 heavy (non-hydrogen) atoms. The number of hydrogen-bond acceptors (Lipinski definition) is 3. The van der Waals surface area contributed by atoms with Crippen LogP contribution in [0, 0.1) is 10.1 Å². The van der Waals surface area contributed by atoms with Gasteiger partial charge in [0.25, 0.3) is 5.69 Å². The van der Waals surface area contributed by atoms with Gasteiger partial charge in [0.1, 0.15) is 0 Å². The molecule has 0 atom stereocenters. The lowest BCUT2D eigenvalue weighted by atomic mass is 10.1. The van der Waals surface area contributed by atoms with E-state index in [1.807, 2.05) is 0 Å². The fourth-order valence-electron chi connectivity index (χ4n) is 0.923. The van der Waals surface area contributed by atoms with Gasteiger partial charge >= 0.3 is 0 Å². The summed E-state index contributed by atoms with van der Waals surface area (Å²) >= 11 is 0. The number of ketones is 1. The molecule has 0 amide bonds. The zero-order valence-corrected chi connectivity index (χ0v) is 7.27. The van der Waals surface area contributed by atoms with Gasteiger partial charge in [-0.25, -0.2) is 0 Å². The number of carbonyl (C=O) groups excluding carboxylic acids is 1. The highest BCUT2D eigenvalue weighted by molar-refractivity contribution is 6.04. The number of nitro benzene ring substituents is 1. The van der Waals surface area contributed by atoms with Crippen molar-refractivity contribution in [1.29, 1.82) is 0 Å². The lowest BCUT2D eigenvalue weighted by Gasteiger charge is -1.93. The molecular formula is C10H7NO3. The second kappa shape index (κ2) is 4.16. The minimum Gasteiger partial charge on any atom is -0.289 e. The molecule has 4 heteroatoms. The van der Waals surface area contributed by atoms with Crippen molar-refractivity contribution in [2.24, 2.45) is 0 Å². The van der Waals surface area contributed by atoms with E-state index in [9.17, 15) is 14.9 Å². The zero-order valence-electron chi connectivity index (χ0n) is 7.27. The van der Waals surface area contributed by atoms with E-state index < -0.39 is 4.92 Å². The van der Waals surface area contributed by atoms with Crippen molar-refractivity contribution in [3.63, 3.8) is 0 Å². The number of rotatable bonds is 3. The summed E-state index contributed by atoms with van der Waals surface area (Å²) in [6.07, 6.45) is 1.18. The summed E-state index contributed by atoms with van der Waals surface area (Å²) < 4.78 is 0. The molecule has 0 heterocycles. The Morgan fingerprint density at radius 1 is 1.43 bits per heavy atom. The Kier molecular flexibility index (Phi) is 2.94. The van der Waals surface area contributed by atoms with Crippen LogP contribution in [0.2, 0.25) is 0 Å². The Balaban J connectivity index is 2.99. The number of hydrogen-bond donors (Lipinski definition) is 0. The third-order valence-corrected chi connectivity index (χ3v) is 1.60. The van der Waals surface area contributed by atoms with Gasteiger partial charge in [-0.05, 0) is 12.1 Å². The summed E-state index contributed by atoms with van der Waals surface area (Å²) in [6.45, 7) is 3.26. The summed E-state index contributed by atoms with van der Waals surface area (Å²) in [6, 6.07) is 5.36. The molecule has 4 nitrogen and oxygen atoms in total. The highest BCUT2D eigenvalue weighted by Gasteiger charge is 2.06. The van der Waals surface area contributed by atoms with Gasteiger partial charge in [0.15, 0.2) is 5.78 Å². The van der Waals surface area contributed by atoms with Gasteiger partial charge in [-0.1, -0.05) is 6.58 Å². The van der Waals surface area contributed by atoms with Crippen molar-refractivity contribution in [2.75, 3.05) is 0 Å². The first-order valence-electron chi connectivity index (χ1n) is 3.80. The van der Waals surface area contributed by atoms with Crippen LogP contribution in [-0.2, 0) is 0 Å². The minimum atomic E-state index is -0.516. The quantitative estimate of drug-likeness (QED) is 0.240. The topological polar surface area (TPSA) is 60.2 Å². The monoisotopic (exact) mass is 189 g/mol. The highest BCUT2D eigenvalue weighted by Crippen LogP contribution is 2.12. The van der Waals surface area contributed by atoms with Crippen LogP contribution >= 0.6 is 0 Å². The summed E-state index contributed by atoms with van der Waals surface area (Å²) in [5, 5.41) is 10.3. The van der Waals surface area contributed by atoms with Crippen LogP contribution in [-0.4, -0.2) is 10.7 Å². The molecule has 1 aromatic rings. The molecule has 70 valence electrons. The van der Waals surface area contributed by atoms with Crippen molar-refractivity contribution in [2.45, 2.75) is 0 Å². The molecule has 1 rings (SSSR count). The molecule has 0 N–H and O–H groups in total. The predicted octanol–water partition coefficient (Wildman–Crippen LogP) is 2.12. The van der Waals surface area contributed by atoms with Gasteiger partial charge in [0, 0.05) is 23.8 Å². The smallest absolute Gasteiger partial charge is 0.269 e. The van der Waals surface area contributed by atoms with Crippen molar-refractivity contribution < 1.29 is 9.72 Å². The third kappa shape index (κ3) is 2.15. The molecule has 0 aliphatic carbocycles. The van der Waals surface area contributed by atoms with Crippen LogP contribution in [0.3, 0.4) is 0 Å². The number of nitro groups is 1. The van der Waals surface area contributed by atoms with Crippen molar-refractivity contribution in [1.82, 2.24) is 0 Å². The molecule has 0 fully saturated rings. The Morgan fingerprint density at radius 2 is 2.00 bits per heavy atom. The summed E-state index contributed by atoms with van der Waals surface area (Å²) in [5.74, 6) is -0.269. The first-order valence-corrected chi connectivity index (χ1v) is 3.80. The van der Waals surface area contributed by atoms with Crippen molar-refractivity contribution in [3.05, 3.63) is 58.3 Å². The van der Waals surface area contributed by atoms with Gasteiger partial charge in [-0.2, -0.15) is 0 Å². The Bertz CT molecular complexity index is 413. The minimum absolute atomic E-state index is 0.0378. The van der Waals surface area contributed by atoms with E-state index in [1.54, 1.807) is 0 Å². The average Bonchev–Trinajstić information content (AvgIpc) is 2.18. The van der Waals surface area contributed by atoms with E-state index in [0.717, 1.165) is 0 Å². The van der Waals surface area contributed by atoms with E-state index in [-0.39, 0.29) is 11.5 Å². The molecule has 0 unspecified atom stereocenters. The van der Waals surface area contributed by atoms with E-state index in [1.165, 1.54) is 30.3 Å². The summed E-state index contributed by atoms with van der Waals surface area (Å²) in [7, 11) is 0. The summed E-state index contributed by atoms with van der Waals surface area (Å²) in [5.41, 5.74) is 2.69. The number of carbonyl (C=O) groups is 1. The maximum Gasteiger partial charge on any atom is 0.269 e. The van der Waals surface area contributed by atoms with Crippen molar-refractivity contribution in [3.8, 4) is 0 Å². The average molecular weight is 189 g/mol. The maximum absolute atomic E-state index is 11.2. The lowest BCUT2D eigenvalue weighted by molar-refractivity contribution is -0.384. The molecule has 1 aromatic carbocycles. The van der Waals surface area contributed by atoms with E-state index in [0.29, 0.717) is 5.56 Å². The molecule has 0 aliphatic heterocycles. The second-order valence-electron chi connectivity index (χ2n) is 2.52. The Morgan fingerprint density at radius 3 is 2.43 bits per heavy atom. The predicted molar refractivity (Wildman–Crippen MR) is 51.1 cm³/mol. The molecule has 0 bridgehead atoms. The zero-order chi connectivity index (χ0) is 10.6. The number of benzene rings is 1. The standard InChI is InChI=1S/C10H7NO3/c1-2-3-10(12)8-4-6-9(7-5-8)11(13)14/h3-7H,1H2. The molecule has 0 saturated heterocycles. The van der Waals surface area contributed by atoms with Crippen molar-refractivity contribution >= 4 is 11.5 Å². The van der Waals surface area contributed by atoms with Crippen LogP contribution in [0.25, 0.3) is 0 Å². The molecular weight excluding hydrogens is 182 g/mol. The maximum atomic E-state index is 11.2. The van der Waals surface area contributed by atoms with E-state index in [4.69, 9.17) is 0 Å². The van der Waals surface area contributed by atoms with Gasteiger partial charge < -0.3 is 0 Å². The number of allylic oxidation sites excluding steroid dienone is 1. The van der Waals surface area contributed by atoms with Gasteiger partial charge in [-0.3, -0.25) is 14.9 Å².